The molecule has 0 aromatic carbocycles. The van der Waals surface area contributed by atoms with Crippen LogP contribution in [0.15, 0.2) is 0 Å². The van der Waals surface area contributed by atoms with Gasteiger partial charge < -0.3 is 10.6 Å². The van der Waals surface area contributed by atoms with Gasteiger partial charge in [0.1, 0.15) is 6.23 Å². The predicted octanol–water partition coefficient (Wildman–Crippen LogP) is 0.574. The van der Waals surface area contributed by atoms with Gasteiger partial charge in [-0.05, 0) is 50.5 Å². The van der Waals surface area contributed by atoms with E-state index < -0.39 is 0 Å². The number of nitrogens with one attached hydrogen (secondary N) is 7. The molecule has 3 aliphatic heterocycles. The highest BCUT2D eigenvalue weighted by Gasteiger charge is 2.40. The molecule has 0 bridgehead atoms. The minimum absolute atomic E-state index is 0.0470. The van der Waals surface area contributed by atoms with Crippen LogP contribution in [0.2, 0.25) is 0 Å². The maximum atomic E-state index is 12.4. The molecule has 1 saturated carbocycles. The van der Waals surface area contributed by atoms with Gasteiger partial charge in [-0.1, -0.05) is 33.1 Å². The first-order valence-electron chi connectivity index (χ1n) is 13.4. The second-order valence-electron chi connectivity index (χ2n) is 11.3. The molecule has 4 aliphatic rings. The Kier molecular flexibility index (Phi) is 9.17. The van der Waals surface area contributed by atoms with Gasteiger partial charge in [0.15, 0.2) is 0 Å². The van der Waals surface area contributed by atoms with Crippen LogP contribution >= 0.6 is 0 Å². The van der Waals surface area contributed by atoms with Crippen molar-refractivity contribution >= 4 is 11.8 Å². The van der Waals surface area contributed by atoms with Gasteiger partial charge in [0.25, 0.3) is 0 Å². The number of hydrazine groups is 1. The third-order valence-electron chi connectivity index (χ3n) is 7.82. The van der Waals surface area contributed by atoms with E-state index in [4.69, 9.17) is 4.84 Å². The lowest BCUT2D eigenvalue weighted by atomic mass is 9.76. The number of carbonyl (C=O) groups is 2. The molecule has 3 saturated heterocycles. The fourth-order valence-corrected chi connectivity index (χ4v) is 5.69. The molecule has 4 fully saturated rings. The van der Waals surface area contributed by atoms with Gasteiger partial charge in [-0.25, -0.2) is 5.43 Å². The zero-order chi connectivity index (χ0) is 24.0. The summed E-state index contributed by atoms with van der Waals surface area (Å²) in [5.74, 6) is 0.657. The Morgan fingerprint density at radius 3 is 2.76 bits per heavy atom. The number of hydrogen-bond donors (Lipinski definition) is 7. The van der Waals surface area contributed by atoms with E-state index in [-0.39, 0.29) is 41.7 Å². The van der Waals surface area contributed by atoms with E-state index >= 15 is 0 Å². The smallest absolute Gasteiger partial charge is 0.237 e. The molecule has 1 aliphatic carbocycles. The van der Waals surface area contributed by atoms with Crippen LogP contribution in [0.3, 0.4) is 0 Å². The average molecular weight is 480 g/mol. The van der Waals surface area contributed by atoms with Crippen molar-refractivity contribution in [2.75, 3.05) is 19.6 Å². The Bertz CT molecular complexity index is 685. The summed E-state index contributed by atoms with van der Waals surface area (Å²) >= 11 is 0. The van der Waals surface area contributed by atoms with E-state index in [2.05, 4.69) is 51.4 Å². The molecule has 6 unspecified atom stereocenters. The van der Waals surface area contributed by atoms with Gasteiger partial charge in [-0.3, -0.25) is 30.5 Å². The maximum absolute atomic E-state index is 12.4. The van der Waals surface area contributed by atoms with Crippen molar-refractivity contribution in [1.82, 2.24) is 37.6 Å². The van der Waals surface area contributed by atoms with Crippen molar-refractivity contribution in [1.29, 1.82) is 0 Å². The third-order valence-corrected chi connectivity index (χ3v) is 7.82. The van der Waals surface area contributed by atoms with Crippen molar-refractivity contribution in [2.24, 2.45) is 17.3 Å². The van der Waals surface area contributed by atoms with Crippen molar-refractivity contribution < 1.29 is 14.4 Å². The normalized spacial score (nSPS) is 34.4. The van der Waals surface area contributed by atoms with Crippen LogP contribution in [0, 0.1) is 17.3 Å². The molecule has 194 valence electrons. The molecule has 10 nitrogen and oxygen atoms in total. The maximum Gasteiger partial charge on any atom is 0.237 e. The van der Waals surface area contributed by atoms with E-state index in [1.54, 1.807) is 0 Å². The van der Waals surface area contributed by atoms with Crippen molar-refractivity contribution in [3.05, 3.63) is 0 Å². The van der Waals surface area contributed by atoms with Crippen LogP contribution in [0.5, 0.6) is 0 Å². The van der Waals surface area contributed by atoms with Crippen molar-refractivity contribution in [3.8, 4) is 0 Å². The summed E-state index contributed by atoms with van der Waals surface area (Å²) < 4.78 is 0. The zero-order valence-electron chi connectivity index (χ0n) is 20.9. The fraction of sp³-hybridized carbons (Fsp3) is 0.917. The molecule has 3 heterocycles. The summed E-state index contributed by atoms with van der Waals surface area (Å²) in [4.78, 5) is 30.2. The van der Waals surface area contributed by atoms with E-state index in [0.29, 0.717) is 24.9 Å². The lowest BCUT2D eigenvalue weighted by Crippen LogP contribution is -2.65. The minimum Gasteiger partial charge on any atom is -0.356 e. The molecule has 0 aromatic rings. The number of amides is 2. The molecule has 0 aromatic heterocycles. The number of hydrogen-bond acceptors (Lipinski definition) is 8. The number of piperidine rings is 1. The summed E-state index contributed by atoms with van der Waals surface area (Å²) in [5, 5.41) is 13.7. The lowest BCUT2D eigenvalue weighted by Gasteiger charge is -2.42. The Balaban J connectivity index is 1.10. The van der Waals surface area contributed by atoms with Crippen LogP contribution < -0.4 is 37.6 Å². The molecule has 34 heavy (non-hydrogen) atoms. The Hall–Kier alpha value is -1.30. The Morgan fingerprint density at radius 1 is 1.12 bits per heavy atom. The molecule has 7 N–H and O–H groups in total. The van der Waals surface area contributed by atoms with Gasteiger partial charge in [0, 0.05) is 37.4 Å². The monoisotopic (exact) mass is 479 g/mol. The van der Waals surface area contributed by atoms with Crippen LogP contribution in [0.25, 0.3) is 0 Å². The largest absolute Gasteiger partial charge is 0.356 e. The van der Waals surface area contributed by atoms with Crippen LogP contribution in [0.4, 0.5) is 0 Å². The summed E-state index contributed by atoms with van der Waals surface area (Å²) in [7, 11) is 0. The molecule has 6 atom stereocenters. The average Bonchev–Trinajstić information content (AvgIpc) is 3.32. The Morgan fingerprint density at radius 2 is 1.94 bits per heavy atom. The Labute approximate surface area is 203 Å². The van der Waals surface area contributed by atoms with E-state index in [0.717, 1.165) is 51.6 Å². The van der Waals surface area contributed by atoms with Gasteiger partial charge in [-0.2, -0.15) is 5.48 Å². The van der Waals surface area contributed by atoms with Crippen LogP contribution in [-0.4, -0.2) is 56.0 Å². The van der Waals surface area contributed by atoms with Gasteiger partial charge >= 0.3 is 0 Å². The van der Waals surface area contributed by atoms with E-state index in [9.17, 15) is 9.59 Å². The third kappa shape index (κ3) is 7.11. The molecular formula is C24H45N7O3. The first-order chi connectivity index (χ1) is 16.4. The van der Waals surface area contributed by atoms with E-state index in [1.165, 1.54) is 19.3 Å². The zero-order valence-corrected chi connectivity index (χ0v) is 20.9. The summed E-state index contributed by atoms with van der Waals surface area (Å²) in [6, 6.07) is 0.405. The number of hydroxylamine groups is 1. The standard InChI is InChI=1S/C24H45N7O3/c1-24(2,15-27-21-16-8-3-4-9-17(16)23(33)30-29-21)14-26-19(32)11-7-12-20-28-22(31-34-20)18-10-5-6-13-25-18/h16-18,20-22,25,27-29,31H,3-15H2,1-2H3,(H,26,32)(H,30,33). The molecule has 0 spiro atoms. The first-order valence-corrected chi connectivity index (χ1v) is 13.4. The number of rotatable bonds is 10. The quantitative estimate of drug-likeness (QED) is 0.242. The number of fused-ring (bicyclic) bond motifs is 1. The van der Waals surface area contributed by atoms with Crippen LogP contribution in [0.1, 0.15) is 78.1 Å². The van der Waals surface area contributed by atoms with Gasteiger partial charge in [-0.15, -0.1) is 0 Å². The predicted molar refractivity (Wildman–Crippen MR) is 130 cm³/mol. The highest BCUT2D eigenvalue weighted by Crippen LogP contribution is 2.33. The number of carbonyl (C=O) groups excluding carboxylic acids is 2. The molecule has 2 amide bonds. The summed E-state index contributed by atoms with van der Waals surface area (Å²) in [5.41, 5.74) is 9.02. The van der Waals surface area contributed by atoms with E-state index in [1.807, 2.05) is 0 Å². The molecule has 10 heteroatoms. The first kappa shape index (κ1) is 25.8. The minimum atomic E-state index is -0.0940. The topological polar surface area (TPSA) is 128 Å². The highest BCUT2D eigenvalue weighted by molar-refractivity contribution is 5.79. The molecule has 4 rings (SSSR count). The SMILES string of the molecule is CC(C)(CNC(=O)CCCC1NC(C2CCCCN2)NO1)CNC1NNC(=O)C2CCCCC12. The molecule has 0 radical (unpaired) electrons. The highest BCUT2D eigenvalue weighted by atomic mass is 16.7. The molecular weight excluding hydrogens is 434 g/mol. The second kappa shape index (κ2) is 12.1. The van der Waals surface area contributed by atoms with Crippen molar-refractivity contribution in [2.45, 2.75) is 103 Å². The summed E-state index contributed by atoms with van der Waals surface area (Å²) in [6.07, 6.45) is 10.3. The van der Waals surface area contributed by atoms with Crippen molar-refractivity contribution in [3.63, 3.8) is 0 Å². The lowest BCUT2D eigenvalue weighted by molar-refractivity contribution is -0.134. The van der Waals surface area contributed by atoms with Gasteiger partial charge in [0.2, 0.25) is 11.8 Å². The van der Waals surface area contributed by atoms with Gasteiger partial charge in [0.05, 0.1) is 12.3 Å². The van der Waals surface area contributed by atoms with Crippen LogP contribution in [-0.2, 0) is 14.4 Å². The fourth-order valence-electron chi connectivity index (χ4n) is 5.69. The second-order valence-corrected chi connectivity index (χ2v) is 11.3. The summed E-state index contributed by atoms with van der Waals surface area (Å²) in [6.45, 7) is 6.74.